The van der Waals surface area contributed by atoms with Crippen LogP contribution in [0.4, 0.5) is 0 Å². The Morgan fingerprint density at radius 1 is 1.31 bits per heavy atom. The number of hydrogen-bond donors (Lipinski definition) is 2. The Hall–Kier alpha value is -0.970. The molecule has 1 aromatic rings. The maximum atomic E-state index is 3.44. The fraction of sp³-hybridized carbons (Fsp3) is 0.231. The van der Waals surface area contributed by atoms with Gasteiger partial charge in [-0.15, -0.1) is 0 Å². The summed E-state index contributed by atoms with van der Waals surface area (Å²) in [6.07, 6.45) is 2.19. The van der Waals surface area contributed by atoms with E-state index in [0.29, 0.717) is 0 Å². The molecule has 0 amide bonds. The topological polar surface area (TPSA) is 24.1 Å². The molecule has 1 aliphatic heterocycles. The standard InChI is InChI=1S/C13H16IN2/c1-11-7-13(16-10-14-8-11)15-9-12-5-3-2-4-6-12/h2-8,15-16H,9-10H2,1H3/q-1. The van der Waals surface area contributed by atoms with E-state index in [1.165, 1.54) is 11.1 Å². The Morgan fingerprint density at radius 2 is 2.12 bits per heavy atom. The SMILES string of the molecule is CC1=C[I-]CNC(NCc2ccccc2)=C1. The molecule has 86 valence electrons. The zero-order valence-electron chi connectivity index (χ0n) is 9.33. The molecule has 1 aromatic carbocycles. The van der Waals surface area contributed by atoms with E-state index in [-0.39, 0.29) is 21.2 Å². The van der Waals surface area contributed by atoms with E-state index < -0.39 is 0 Å². The van der Waals surface area contributed by atoms with Crippen LogP contribution < -0.4 is 31.8 Å². The molecule has 0 aromatic heterocycles. The van der Waals surface area contributed by atoms with Crippen molar-refractivity contribution in [1.29, 1.82) is 0 Å². The molecule has 3 heteroatoms. The quantitative estimate of drug-likeness (QED) is 0.430. The van der Waals surface area contributed by atoms with Gasteiger partial charge in [-0.2, -0.15) is 0 Å². The first-order valence-corrected chi connectivity index (χ1v) is 8.09. The summed E-state index contributed by atoms with van der Waals surface area (Å²) in [5.41, 5.74) is 2.68. The summed E-state index contributed by atoms with van der Waals surface area (Å²) in [4.78, 5) is 0. The van der Waals surface area contributed by atoms with Crippen molar-refractivity contribution in [2.75, 3.05) is 4.55 Å². The van der Waals surface area contributed by atoms with Crippen LogP contribution in [0, 0.1) is 0 Å². The van der Waals surface area contributed by atoms with Crippen molar-refractivity contribution in [1.82, 2.24) is 10.6 Å². The van der Waals surface area contributed by atoms with Gasteiger partial charge < -0.3 is 0 Å². The van der Waals surface area contributed by atoms with E-state index in [0.717, 1.165) is 16.9 Å². The average Bonchev–Trinajstić information content (AvgIpc) is 2.52. The van der Waals surface area contributed by atoms with Gasteiger partial charge in [-0.1, -0.05) is 0 Å². The van der Waals surface area contributed by atoms with Crippen LogP contribution in [0.3, 0.4) is 0 Å². The summed E-state index contributed by atoms with van der Waals surface area (Å²) in [6.45, 7) is 3.04. The Morgan fingerprint density at radius 3 is 2.94 bits per heavy atom. The average molecular weight is 327 g/mol. The van der Waals surface area contributed by atoms with Gasteiger partial charge in [0.25, 0.3) is 0 Å². The first-order chi connectivity index (χ1) is 7.84. The second-order valence-electron chi connectivity index (χ2n) is 3.72. The predicted octanol–water partition coefficient (Wildman–Crippen LogP) is -0.829. The van der Waals surface area contributed by atoms with Gasteiger partial charge in [-0.3, -0.25) is 0 Å². The molecule has 0 fully saturated rings. The van der Waals surface area contributed by atoms with Crippen molar-refractivity contribution in [2.45, 2.75) is 13.5 Å². The number of rotatable bonds is 3. The van der Waals surface area contributed by atoms with Gasteiger partial charge in [-0.25, -0.2) is 0 Å². The zero-order chi connectivity index (χ0) is 11.2. The molecule has 0 spiro atoms. The van der Waals surface area contributed by atoms with Crippen LogP contribution in [0.5, 0.6) is 0 Å². The first kappa shape index (κ1) is 11.5. The zero-order valence-corrected chi connectivity index (χ0v) is 11.5. The molecule has 0 unspecified atom stereocenters. The summed E-state index contributed by atoms with van der Waals surface area (Å²) in [5.74, 6) is 1.15. The van der Waals surface area contributed by atoms with Crippen molar-refractivity contribution in [3.63, 3.8) is 0 Å². The Labute approximate surface area is 107 Å². The van der Waals surface area contributed by atoms with Gasteiger partial charge >= 0.3 is 107 Å². The van der Waals surface area contributed by atoms with Crippen molar-refractivity contribution in [3.8, 4) is 0 Å². The summed E-state index contributed by atoms with van der Waals surface area (Å²) < 4.78 is 3.48. The van der Waals surface area contributed by atoms with Crippen LogP contribution in [0.25, 0.3) is 0 Å². The second-order valence-corrected chi connectivity index (χ2v) is 5.98. The van der Waals surface area contributed by atoms with Crippen LogP contribution in [-0.4, -0.2) is 4.55 Å². The Bertz CT molecular complexity index is 396. The molecule has 0 saturated heterocycles. The number of benzene rings is 1. The van der Waals surface area contributed by atoms with Gasteiger partial charge in [0.05, 0.1) is 0 Å². The number of nitrogens with one attached hydrogen (secondary N) is 2. The minimum absolute atomic E-state index is 0.188. The van der Waals surface area contributed by atoms with Gasteiger partial charge in [0.15, 0.2) is 0 Å². The number of allylic oxidation sites excluding steroid dienone is 2. The molecule has 1 heterocycles. The summed E-state index contributed by atoms with van der Waals surface area (Å²) in [6, 6.07) is 10.5. The maximum absolute atomic E-state index is 3.44. The van der Waals surface area contributed by atoms with Crippen LogP contribution in [0.2, 0.25) is 0 Å². The number of hydrogen-bond acceptors (Lipinski definition) is 2. The van der Waals surface area contributed by atoms with Crippen LogP contribution >= 0.6 is 0 Å². The molecule has 1 aliphatic rings. The minimum atomic E-state index is 0.188. The summed E-state index contributed by atoms with van der Waals surface area (Å²) in [7, 11) is 0. The molecule has 0 radical (unpaired) electrons. The van der Waals surface area contributed by atoms with Crippen molar-refractivity contribution >= 4 is 0 Å². The molecule has 0 saturated carbocycles. The normalized spacial score (nSPS) is 16.1. The molecular weight excluding hydrogens is 311 g/mol. The van der Waals surface area contributed by atoms with E-state index in [2.05, 4.69) is 52.0 Å². The molecule has 2 rings (SSSR count). The fourth-order valence-corrected chi connectivity index (χ4v) is 3.21. The number of halogens is 1. The summed E-state index contributed by atoms with van der Waals surface area (Å²) >= 11 is 0.188. The van der Waals surface area contributed by atoms with E-state index in [9.17, 15) is 0 Å². The monoisotopic (exact) mass is 327 g/mol. The van der Waals surface area contributed by atoms with Gasteiger partial charge in [0, 0.05) is 0 Å². The Kier molecular flexibility index (Phi) is 4.27. The molecule has 2 nitrogen and oxygen atoms in total. The van der Waals surface area contributed by atoms with Crippen LogP contribution in [0.15, 0.2) is 51.9 Å². The van der Waals surface area contributed by atoms with Crippen LogP contribution in [-0.2, 0) is 6.54 Å². The van der Waals surface area contributed by atoms with Crippen molar-refractivity contribution in [3.05, 3.63) is 57.4 Å². The molecule has 0 aliphatic carbocycles. The van der Waals surface area contributed by atoms with Gasteiger partial charge in [0.1, 0.15) is 0 Å². The van der Waals surface area contributed by atoms with E-state index in [1.54, 1.807) is 0 Å². The predicted molar refractivity (Wildman–Crippen MR) is 63.1 cm³/mol. The molecule has 2 N–H and O–H groups in total. The van der Waals surface area contributed by atoms with Crippen molar-refractivity contribution in [2.24, 2.45) is 0 Å². The molecule has 0 atom stereocenters. The first-order valence-electron chi connectivity index (χ1n) is 5.32. The van der Waals surface area contributed by atoms with Gasteiger partial charge in [-0.05, 0) is 0 Å². The second kappa shape index (κ2) is 5.94. The van der Waals surface area contributed by atoms with Crippen molar-refractivity contribution < 1.29 is 21.2 Å². The molecule has 16 heavy (non-hydrogen) atoms. The number of alkyl halides is 1. The third kappa shape index (κ3) is 3.56. The third-order valence-electron chi connectivity index (χ3n) is 2.28. The fourth-order valence-electron chi connectivity index (χ4n) is 1.49. The van der Waals surface area contributed by atoms with E-state index in [4.69, 9.17) is 0 Å². The third-order valence-corrected chi connectivity index (χ3v) is 4.53. The van der Waals surface area contributed by atoms with E-state index in [1.807, 2.05) is 6.07 Å². The van der Waals surface area contributed by atoms with Crippen LogP contribution in [0.1, 0.15) is 12.5 Å². The molecule has 0 bridgehead atoms. The summed E-state index contributed by atoms with van der Waals surface area (Å²) in [5, 5.41) is 6.86. The Balaban J connectivity index is 1.93. The van der Waals surface area contributed by atoms with Gasteiger partial charge in [0.2, 0.25) is 0 Å². The molecular formula is C13H16IN2-. The van der Waals surface area contributed by atoms with E-state index >= 15 is 0 Å².